The highest BCUT2D eigenvalue weighted by Crippen LogP contribution is 2.26. The van der Waals surface area contributed by atoms with Gasteiger partial charge in [-0.2, -0.15) is 5.10 Å². The first-order valence-corrected chi connectivity index (χ1v) is 8.47. The van der Waals surface area contributed by atoms with Crippen LogP contribution in [0.1, 0.15) is 37.7 Å². The summed E-state index contributed by atoms with van der Waals surface area (Å²) in [6.45, 7) is 4.93. The van der Waals surface area contributed by atoms with E-state index in [1.165, 1.54) is 5.56 Å². The number of halogens is 1. The number of rotatable bonds is 5. The third-order valence-corrected chi connectivity index (χ3v) is 4.33. The van der Waals surface area contributed by atoms with Crippen LogP contribution in [0.15, 0.2) is 17.4 Å². The van der Waals surface area contributed by atoms with Crippen LogP contribution in [0.3, 0.4) is 0 Å². The number of hydrogen-bond acceptors (Lipinski definition) is 3. The van der Waals surface area contributed by atoms with Gasteiger partial charge >= 0.3 is 0 Å². The number of likely N-dealkylation sites (tertiary alicyclic amines) is 1. The molecule has 24 heavy (non-hydrogen) atoms. The summed E-state index contributed by atoms with van der Waals surface area (Å²) in [7, 11) is 1.94. The maximum Gasteiger partial charge on any atom is 0.242 e. The number of carbonyl (C=O) groups excluding carboxylic acids is 1. The summed E-state index contributed by atoms with van der Waals surface area (Å²) in [4.78, 5) is 18.6. The van der Waals surface area contributed by atoms with Crippen molar-refractivity contribution in [2.45, 2.75) is 38.1 Å². The lowest BCUT2D eigenvalue weighted by molar-refractivity contribution is -0.119. The number of aromatic nitrogens is 2. The first-order valence-electron chi connectivity index (χ1n) is 8.47. The molecule has 2 fully saturated rings. The number of aryl methyl sites for hydroxylation is 1. The fourth-order valence-corrected chi connectivity index (χ4v) is 2.95. The van der Waals surface area contributed by atoms with Gasteiger partial charge in [-0.15, -0.1) is 24.0 Å². The molecule has 8 heteroatoms. The molecule has 0 spiro atoms. The Labute approximate surface area is 160 Å². The van der Waals surface area contributed by atoms with Crippen LogP contribution in [0.4, 0.5) is 0 Å². The van der Waals surface area contributed by atoms with Gasteiger partial charge in [0.2, 0.25) is 5.91 Å². The molecule has 1 saturated carbocycles. The van der Waals surface area contributed by atoms with Crippen molar-refractivity contribution in [1.29, 1.82) is 0 Å². The van der Waals surface area contributed by atoms with E-state index in [0.29, 0.717) is 12.0 Å². The molecule has 1 unspecified atom stereocenters. The molecule has 1 atom stereocenters. The second-order valence-corrected chi connectivity index (χ2v) is 6.39. The zero-order chi connectivity index (χ0) is 16.2. The van der Waals surface area contributed by atoms with Gasteiger partial charge in [-0.25, -0.2) is 4.99 Å². The Hall–Kier alpha value is -1.32. The predicted molar refractivity (Wildman–Crippen MR) is 105 cm³/mol. The Morgan fingerprint density at radius 3 is 2.83 bits per heavy atom. The van der Waals surface area contributed by atoms with E-state index in [1.807, 2.05) is 17.9 Å². The Balaban J connectivity index is 0.00000208. The molecule has 1 aliphatic carbocycles. The van der Waals surface area contributed by atoms with Crippen molar-refractivity contribution in [1.82, 2.24) is 25.3 Å². The van der Waals surface area contributed by atoms with E-state index in [4.69, 9.17) is 0 Å². The third-order valence-electron chi connectivity index (χ3n) is 4.33. The van der Waals surface area contributed by atoms with Crippen LogP contribution < -0.4 is 10.6 Å². The molecule has 2 N–H and O–H groups in total. The lowest BCUT2D eigenvalue weighted by Crippen LogP contribution is -2.41. The molecule has 2 heterocycles. The summed E-state index contributed by atoms with van der Waals surface area (Å²) >= 11 is 0. The van der Waals surface area contributed by atoms with Crippen molar-refractivity contribution in [3.8, 4) is 0 Å². The standard InChI is InChI=1S/C16H26N6O.HI/c1-3-17-16(18-9-15(23)20-14-4-5-14)22-7-6-12(11-22)13-8-19-21(2)10-13;/h8,10,12,14H,3-7,9,11H2,1-2H3,(H,17,18)(H,20,23);1H. The van der Waals surface area contributed by atoms with Gasteiger partial charge in [0.25, 0.3) is 0 Å². The van der Waals surface area contributed by atoms with Crippen LogP contribution in [0.2, 0.25) is 0 Å². The smallest absolute Gasteiger partial charge is 0.242 e. The second-order valence-electron chi connectivity index (χ2n) is 6.39. The average molecular weight is 446 g/mol. The van der Waals surface area contributed by atoms with Crippen LogP contribution in [0, 0.1) is 0 Å². The zero-order valence-electron chi connectivity index (χ0n) is 14.4. The molecule has 1 aliphatic heterocycles. The van der Waals surface area contributed by atoms with E-state index in [2.05, 4.69) is 38.7 Å². The Morgan fingerprint density at radius 2 is 2.21 bits per heavy atom. The van der Waals surface area contributed by atoms with Crippen LogP contribution in [-0.2, 0) is 11.8 Å². The molecular formula is C16H27IN6O. The SMILES string of the molecule is CCNC(=NCC(=O)NC1CC1)N1CCC(c2cnn(C)c2)C1.I. The van der Waals surface area contributed by atoms with E-state index in [-0.39, 0.29) is 36.4 Å². The van der Waals surface area contributed by atoms with Crippen LogP contribution in [0.5, 0.6) is 0 Å². The molecule has 1 amide bonds. The maximum atomic E-state index is 11.8. The van der Waals surface area contributed by atoms with Gasteiger partial charge in [-0.1, -0.05) is 0 Å². The molecule has 7 nitrogen and oxygen atoms in total. The highest BCUT2D eigenvalue weighted by atomic mass is 127. The summed E-state index contributed by atoms with van der Waals surface area (Å²) in [5.41, 5.74) is 1.28. The van der Waals surface area contributed by atoms with Crippen molar-refractivity contribution in [3.63, 3.8) is 0 Å². The number of guanidine groups is 1. The summed E-state index contributed by atoms with van der Waals surface area (Å²) in [5, 5.41) is 10.5. The lowest BCUT2D eigenvalue weighted by Gasteiger charge is -2.21. The molecule has 3 rings (SSSR count). The maximum absolute atomic E-state index is 11.8. The number of hydrogen-bond donors (Lipinski definition) is 2. The predicted octanol–water partition coefficient (Wildman–Crippen LogP) is 1.07. The van der Waals surface area contributed by atoms with Gasteiger partial charge in [-0.05, 0) is 31.7 Å². The van der Waals surface area contributed by atoms with E-state index >= 15 is 0 Å². The number of aliphatic imine (C=N–C) groups is 1. The molecule has 0 bridgehead atoms. The van der Waals surface area contributed by atoms with Crippen molar-refractivity contribution in [2.24, 2.45) is 12.0 Å². The first kappa shape index (κ1) is 19.0. The van der Waals surface area contributed by atoms with Crippen molar-refractivity contribution in [3.05, 3.63) is 18.0 Å². The minimum atomic E-state index is 0. The molecular weight excluding hydrogens is 419 g/mol. The molecule has 1 aromatic rings. The van der Waals surface area contributed by atoms with Gasteiger partial charge in [0.15, 0.2) is 5.96 Å². The van der Waals surface area contributed by atoms with Gasteiger partial charge in [-0.3, -0.25) is 9.48 Å². The summed E-state index contributed by atoms with van der Waals surface area (Å²) < 4.78 is 1.85. The number of nitrogens with zero attached hydrogens (tertiary/aromatic N) is 4. The second kappa shape index (κ2) is 8.68. The largest absolute Gasteiger partial charge is 0.357 e. The summed E-state index contributed by atoms with van der Waals surface area (Å²) in [6.07, 6.45) is 7.33. The van der Waals surface area contributed by atoms with E-state index in [0.717, 1.165) is 44.9 Å². The monoisotopic (exact) mass is 446 g/mol. The topological polar surface area (TPSA) is 74.6 Å². The normalized spacial score (nSPS) is 20.7. The molecule has 2 aliphatic rings. The minimum absolute atomic E-state index is 0. The van der Waals surface area contributed by atoms with Crippen molar-refractivity contribution >= 4 is 35.8 Å². The van der Waals surface area contributed by atoms with Gasteiger partial charge in [0.05, 0.1) is 6.20 Å². The summed E-state index contributed by atoms with van der Waals surface area (Å²) in [5.74, 6) is 1.34. The molecule has 0 radical (unpaired) electrons. The Kier molecular flexibility index (Phi) is 6.88. The van der Waals surface area contributed by atoms with E-state index < -0.39 is 0 Å². The molecule has 0 aromatic carbocycles. The van der Waals surface area contributed by atoms with E-state index in [1.54, 1.807) is 0 Å². The van der Waals surface area contributed by atoms with E-state index in [9.17, 15) is 4.79 Å². The number of amides is 1. The van der Waals surface area contributed by atoms with Crippen molar-refractivity contribution < 1.29 is 4.79 Å². The van der Waals surface area contributed by atoms with Crippen LogP contribution in [-0.4, -0.2) is 58.8 Å². The van der Waals surface area contributed by atoms with Crippen molar-refractivity contribution in [2.75, 3.05) is 26.2 Å². The highest BCUT2D eigenvalue weighted by Gasteiger charge is 2.27. The number of nitrogens with one attached hydrogen (secondary N) is 2. The van der Waals surface area contributed by atoms with Crippen LogP contribution >= 0.6 is 24.0 Å². The fraction of sp³-hybridized carbons (Fsp3) is 0.688. The minimum Gasteiger partial charge on any atom is -0.357 e. The van der Waals surface area contributed by atoms with Crippen LogP contribution in [0.25, 0.3) is 0 Å². The third kappa shape index (κ3) is 5.09. The fourth-order valence-electron chi connectivity index (χ4n) is 2.95. The summed E-state index contributed by atoms with van der Waals surface area (Å²) in [6, 6.07) is 0.391. The Bertz CT molecular complexity index is 583. The van der Waals surface area contributed by atoms with Gasteiger partial charge in [0, 0.05) is 44.8 Å². The lowest BCUT2D eigenvalue weighted by atomic mass is 10.0. The van der Waals surface area contributed by atoms with Gasteiger partial charge < -0.3 is 15.5 Å². The average Bonchev–Trinajstić information content (AvgIpc) is 3.02. The highest BCUT2D eigenvalue weighted by molar-refractivity contribution is 14.0. The quantitative estimate of drug-likeness (QED) is 0.403. The molecule has 134 valence electrons. The zero-order valence-corrected chi connectivity index (χ0v) is 16.7. The molecule has 1 aromatic heterocycles. The number of carbonyl (C=O) groups is 1. The first-order chi connectivity index (χ1) is 11.2. The molecule has 1 saturated heterocycles. The Morgan fingerprint density at radius 1 is 1.42 bits per heavy atom. The van der Waals surface area contributed by atoms with Gasteiger partial charge in [0.1, 0.15) is 6.54 Å².